The maximum absolute atomic E-state index is 12.6. The van der Waals surface area contributed by atoms with Gasteiger partial charge in [-0.15, -0.1) is 0 Å². The Kier molecular flexibility index (Phi) is 4.46. The molecule has 25 heavy (non-hydrogen) atoms. The Balaban J connectivity index is 1.44. The van der Waals surface area contributed by atoms with Crippen LogP contribution in [0.5, 0.6) is 0 Å². The average molecular weight is 358 g/mol. The average Bonchev–Trinajstić information content (AvgIpc) is 3.30. The Morgan fingerprint density at radius 1 is 1.40 bits per heavy atom. The molecule has 0 saturated carbocycles. The molecule has 7 nitrogen and oxygen atoms in total. The summed E-state index contributed by atoms with van der Waals surface area (Å²) in [5, 5.41) is 3.43. The fourth-order valence-electron chi connectivity index (χ4n) is 3.06. The number of hydrogen-bond acceptors (Lipinski definition) is 6. The monoisotopic (exact) mass is 358 g/mol. The van der Waals surface area contributed by atoms with Gasteiger partial charge in [-0.05, 0) is 25.0 Å². The van der Waals surface area contributed by atoms with E-state index < -0.39 is 0 Å². The minimum Gasteiger partial charge on any atom is -0.368 e. The Morgan fingerprint density at radius 2 is 2.32 bits per heavy atom. The lowest BCUT2D eigenvalue weighted by atomic mass is 10.1. The topological polar surface area (TPSA) is 84.4 Å². The number of nitrogens with one attached hydrogen (secondary N) is 1. The summed E-state index contributed by atoms with van der Waals surface area (Å²) in [7, 11) is 0. The molecule has 1 fully saturated rings. The molecule has 4 rings (SSSR count). The van der Waals surface area contributed by atoms with E-state index in [1.54, 1.807) is 29.4 Å². The molecule has 2 aliphatic heterocycles. The van der Waals surface area contributed by atoms with Crippen molar-refractivity contribution in [2.24, 2.45) is 0 Å². The van der Waals surface area contributed by atoms with Gasteiger partial charge < -0.3 is 9.64 Å². The fraction of sp³-hybridized carbons (Fsp3) is 0.412. The molecule has 1 unspecified atom stereocenters. The first-order valence-electron chi connectivity index (χ1n) is 8.31. The molecule has 0 spiro atoms. The Morgan fingerprint density at radius 3 is 3.08 bits per heavy atom. The van der Waals surface area contributed by atoms with Gasteiger partial charge in [0.2, 0.25) is 0 Å². The van der Waals surface area contributed by atoms with Gasteiger partial charge in [-0.2, -0.15) is 0 Å². The summed E-state index contributed by atoms with van der Waals surface area (Å²) in [6.07, 6.45) is 5.22. The largest absolute Gasteiger partial charge is 0.368 e. The zero-order valence-electron chi connectivity index (χ0n) is 13.6. The van der Waals surface area contributed by atoms with Crippen molar-refractivity contribution in [1.82, 2.24) is 14.9 Å². The van der Waals surface area contributed by atoms with Gasteiger partial charge in [0.1, 0.15) is 6.10 Å². The van der Waals surface area contributed by atoms with E-state index in [4.69, 9.17) is 4.74 Å². The van der Waals surface area contributed by atoms with Crippen LogP contribution in [0.1, 0.15) is 33.8 Å². The standard InChI is InChI=1S/C17H18N4O3S/c22-15(13-4-2-8-24-13)20-17-19-12-5-7-21(10-14(12)25-17)16(23)11-3-1-6-18-9-11/h1,3,6,9,13H,2,4-5,7-8,10H2,(H,19,20,22). The molecule has 2 aromatic heterocycles. The van der Waals surface area contributed by atoms with Crippen LogP contribution >= 0.6 is 11.3 Å². The number of nitrogens with zero attached hydrogens (tertiary/aromatic N) is 3. The molecule has 4 heterocycles. The number of aromatic nitrogens is 2. The zero-order valence-corrected chi connectivity index (χ0v) is 14.4. The van der Waals surface area contributed by atoms with Crippen LogP contribution in [0, 0.1) is 0 Å². The summed E-state index contributed by atoms with van der Waals surface area (Å²) >= 11 is 1.43. The van der Waals surface area contributed by atoms with Crippen molar-refractivity contribution < 1.29 is 14.3 Å². The Labute approximate surface area is 149 Å². The first kappa shape index (κ1) is 16.2. The van der Waals surface area contributed by atoms with Crippen molar-refractivity contribution in [2.45, 2.75) is 31.9 Å². The van der Waals surface area contributed by atoms with Gasteiger partial charge in [-0.1, -0.05) is 11.3 Å². The molecule has 0 aliphatic carbocycles. The molecule has 1 saturated heterocycles. The van der Waals surface area contributed by atoms with Gasteiger partial charge in [0.05, 0.1) is 17.8 Å². The SMILES string of the molecule is O=C(Nc1nc2c(s1)CN(C(=O)c1cccnc1)CC2)C1CCCO1. The first-order valence-corrected chi connectivity index (χ1v) is 9.13. The van der Waals surface area contributed by atoms with Crippen molar-refractivity contribution in [3.8, 4) is 0 Å². The van der Waals surface area contributed by atoms with Crippen LogP contribution in [0.3, 0.4) is 0 Å². The van der Waals surface area contributed by atoms with Gasteiger partial charge in [-0.3, -0.25) is 19.9 Å². The van der Waals surface area contributed by atoms with Gasteiger partial charge in [0.25, 0.3) is 11.8 Å². The van der Waals surface area contributed by atoms with Crippen molar-refractivity contribution in [1.29, 1.82) is 0 Å². The van der Waals surface area contributed by atoms with Crippen LogP contribution < -0.4 is 5.32 Å². The van der Waals surface area contributed by atoms with Crippen LogP contribution in [0.2, 0.25) is 0 Å². The summed E-state index contributed by atoms with van der Waals surface area (Å²) < 4.78 is 5.39. The smallest absolute Gasteiger partial charge is 0.255 e. The van der Waals surface area contributed by atoms with E-state index in [1.165, 1.54) is 11.3 Å². The highest BCUT2D eigenvalue weighted by Crippen LogP contribution is 2.29. The Bertz CT molecular complexity index is 786. The summed E-state index contributed by atoms with van der Waals surface area (Å²) in [5.41, 5.74) is 1.55. The molecule has 0 radical (unpaired) electrons. The third-order valence-electron chi connectivity index (χ3n) is 4.38. The quantitative estimate of drug-likeness (QED) is 0.905. The molecule has 0 aromatic carbocycles. The summed E-state index contributed by atoms with van der Waals surface area (Å²) in [5.74, 6) is -0.163. The highest BCUT2D eigenvalue weighted by atomic mass is 32.1. The molecular formula is C17H18N4O3S. The molecule has 1 N–H and O–H groups in total. The Hall–Kier alpha value is -2.32. The molecule has 2 aromatic rings. The molecule has 0 bridgehead atoms. The van der Waals surface area contributed by atoms with Crippen molar-refractivity contribution in [2.75, 3.05) is 18.5 Å². The third kappa shape index (κ3) is 3.40. The molecule has 8 heteroatoms. The number of fused-ring (bicyclic) bond motifs is 1. The molecule has 2 amide bonds. The number of hydrogen-bond donors (Lipinski definition) is 1. The predicted octanol–water partition coefficient (Wildman–Crippen LogP) is 1.85. The number of carbonyl (C=O) groups is 2. The number of carbonyl (C=O) groups excluding carboxylic acids is 2. The maximum atomic E-state index is 12.6. The highest BCUT2D eigenvalue weighted by Gasteiger charge is 2.27. The van der Waals surface area contributed by atoms with Crippen LogP contribution in [-0.2, 0) is 22.5 Å². The first-order chi connectivity index (χ1) is 12.2. The molecule has 2 aliphatic rings. The van der Waals surface area contributed by atoms with Crippen LogP contribution in [0.4, 0.5) is 5.13 Å². The second-order valence-electron chi connectivity index (χ2n) is 6.10. The third-order valence-corrected chi connectivity index (χ3v) is 5.38. The summed E-state index contributed by atoms with van der Waals surface area (Å²) in [6.45, 7) is 1.76. The van der Waals surface area contributed by atoms with Crippen molar-refractivity contribution in [3.63, 3.8) is 0 Å². The van der Waals surface area contributed by atoms with Crippen LogP contribution in [0.15, 0.2) is 24.5 Å². The molecule has 1 atom stereocenters. The lowest BCUT2D eigenvalue weighted by Gasteiger charge is -2.25. The number of rotatable bonds is 3. The van der Waals surface area contributed by atoms with E-state index >= 15 is 0 Å². The van der Waals surface area contributed by atoms with E-state index in [-0.39, 0.29) is 17.9 Å². The maximum Gasteiger partial charge on any atom is 0.255 e. The van der Waals surface area contributed by atoms with E-state index in [1.807, 2.05) is 0 Å². The van der Waals surface area contributed by atoms with Gasteiger partial charge in [0, 0.05) is 36.8 Å². The van der Waals surface area contributed by atoms with Gasteiger partial charge in [-0.25, -0.2) is 4.98 Å². The van der Waals surface area contributed by atoms with E-state index in [0.717, 1.165) is 23.4 Å². The number of thiazole rings is 1. The van der Waals surface area contributed by atoms with Crippen LogP contribution in [-0.4, -0.2) is 45.9 Å². The molecular weight excluding hydrogens is 340 g/mol. The summed E-state index contributed by atoms with van der Waals surface area (Å²) in [4.78, 5) is 36.0. The minimum atomic E-state index is -0.371. The number of anilines is 1. The van der Waals surface area contributed by atoms with Crippen molar-refractivity contribution >= 4 is 28.3 Å². The second kappa shape index (κ2) is 6.89. The lowest BCUT2D eigenvalue weighted by molar-refractivity contribution is -0.124. The number of amides is 2. The zero-order chi connectivity index (χ0) is 17.2. The van der Waals surface area contributed by atoms with Gasteiger partial charge in [0.15, 0.2) is 5.13 Å². The number of pyridine rings is 1. The lowest BCUT2D eigenvalue weighted by Crippen LogP contribution is -2.35. The predicted molar refractivity (Wildman–Crippen MR) is 92.4 cm³/mol. The minimum absolute atomic E-state index is 0.0305. The second-order valence-corrected chi connectivity index (χ2v) is 7.18. The van der Waals surface area contributed by atoms with E-state index in [0.29, 0.717) is 36.8 Å². The fourth-order valence-corrected chi connectivity index (χ4v) is 4.09. The number of ether oxygens (including phenoxy) is 1. The summed E-state index contributed by atoms with van der Waals surface area (Å²) in [6, 6.07) is 3.53. The molecule has 130 valence electrons. The van der Waals surface area contributed by atoms with Crippen LogP contribution in [0.25, 0.3) is 0 Å². The van der Waals surface area contributed by atoms with E-state index in [2.05, 4.69) is 15.3 Å². The van der Waals surface area contributed by atoms with Crippen molar-refractivity contribution in [3.05, 3.63) is 40.7 Å². The highest BCUT2D eigenvalue weighted by molar-refractivity contribution is 7.15. The van der Waals surface area contributed by atoms with Gasteiger partial charge >= 0.3 is 0 Å². The normalized spacial score (nSPS) is 19.5. The van der Waals surface area contributed by atoms with E-state index in [9.17, 15) is 9.59 Å².